The largest absolute Gasteiger partial charge is 0.348 e. The third kappa shape index (κ3) is 3.17. The van der Waals surface area contributed by atoms with Gasteiger partial charge in [-0.2, -0.15) is 15.0 Å². The number of rotatable bonds is 4. The van der Waals surface area contributed by atoms with E-state index in [-0.39, 0.29) is 11.3 Å². The molecular formula is C14H13ClN6. The number of nitrogens with zero attached hydrogens (tertiary/aromatic N) is 5. The van der Waals surface area contributed by atoms with Crippen LogP contribution >= 0.6 is 11.6 Å². The molecule has 3 rings (SSSR count). The third-order valence-corrected chi connectivity index (χ3v) is 3.15. The maximum Gasteiger partial charge on any atom is 0.241 e. The van der Waals surface area contributed by atoms with Crippen molar-refractivity contribution in [3.8, 4) is 5.95 Å². The molecule has 21 heavy (non-hydrogen) atoms. The summed E-state index contributed by atoms with van der Waals surface area (Å²) in [6.07, 6.45) is 5.00. The molecule has 1 N–H and O–H groups in total. The average molecular weight is 301 g/mol. The lowest BCUT2D eigenvalue weighted by atomic mass is 10.1. The van der Waals surface area contributed by atoms with Crippen LogP contribution < -0.4 is 5.32 Å². The number of hydrogen-bond acceptors (Lipinski definition) is 5. The van der Waals surface area contributed by atoms with Crippen LogP contribution in [0.15, 0.2) is 49.1 Å². The maximum atomic E-state index is 5.96. The van der Waals surface area contributed by atoms with Gasteiger partial charge in [0.15, 0.2) is 0 Å². The molecule has 6 nitrogen and oxygen atoms in total. The third-order valence-electron chi connectivity index (χ3n) is 2.98. The molecule has 2 heterocycles. The van der Waals surface area contributed by atoms with E-state index in [9.17, 15) is 0 Å². The van der Waals surface area contributed by atoms with Crippen molar-refractivity contribution >= 4 is 17.5 Å². The SMILES string of the molecule is CC(Nc1nc(Cl)nc(-n2ccnc2)n1)c1ccccc1. The molecule has 0 amide bonds. The van der Waals surface area contributed by atoms with E-state index >= 15 is 0 Å². The summed E-state index contributed by atoms with van der Waals surface area (Å²) in [6.45, 7) is 2.03. The lowest BCUT2D eigenvalue weighted by Gasteiger charge is -2.14. The fourth-order valence-electron chi connectivity index (χ4n) is 1.92. The molecule has 3 aromatic rings. The molecule has 7 heteroatoms. The molecule has 1 unspecified atom stereocenters. The topological polar surface area (TPSA) is 68.5 Å². The standard InChI is InChI=1S/C14H13ClN6/c1-10(11-5-3-2-4-6-11)17-13-18-12(15)19-14(20-13)21-8-7-16-9-21/h2-10H,1H3,(H,17,18,19,20). The van der Waals surface area contributed by atoms with Crippen LogP contribution in [0.2, 0.25) is 5.28 Å². The second kappa shape index (κ2) is 5.88. The van der Waals surface area contributed by atoms with Gasteiger partial charge in [-0.1, -0.05) is 30.3 Å². The molecule has 0 aliphatic heterocycles. The van der Waals surface area contributed by atoms with Crippen LogP contribution in [0, 0.1) is 0 Å². The summed E-state index contributed by atoms with van der Waals surface area (Å²) in [5.41, 5.74) is 1.14. The van der Waals surface area contributed by atoms with E-state index < -0.39 is 0 Å². The Morgan fingerprint density at radius 3 is 2.67 bits per heavy atom. The number of aromatic nitrogens is 5. The van der Waals surface area contributed by atoms with Gasteiger partial charge >= 0.3 is 0 Å². The van der Waals surface area contributed by atoms with Crippen LogP contribution in [0.1, 0.15) is 18.5 Å². The van der Waals surface area contributed by atoms with Crippen LogP contribution in [0.3, 0.4) is 0 Å². The molecule has 106 valence electrons. The highest BCUT2D eigenvalue weighted by molar-refractivity contribution is 6.28. The molecule has 0 aliphatic rings. The number of anilines is 1. The van der Waals surface area contributed by atoms with E-state index in [0.29, 0.717) is 11.9 Å². The summed E-state index contributed by atoms with van der Waals surface area (Å²) < 4.78 is 1.67. The molecule has 0 saturated heterocycles. The van der Waals surface area contributed by atoms with Crippen molar-refractivity contribution in [2.24, 2.45) is 0 Å². The summed E-state index contributed by atoms with van der Waals surface area (Å²) in [5.74, 6) is 0.852. The maximum absolute atomic E-state index is 5.96. The fourth-order valence-corrected chi connectivity index (χ4v) is 2.07. The zero-order valence-corrected chi connectivity index (χ0v) is 12.1. The molecular weight excluding hydrogens is 288 g/mol. The Kier molecular flexibility index (Phi) is 3.79. The first kappa shape index (κ1) is 13.5. The predicted molar refractivity (Wildman–Crippen MR) is 80.4 cm³/mol. The highest BCUT2D eigenvalue weighted by atomic mass is 35.5. The highest BCUT2D eigenvalue weighted by Gasteiger charge is 2.10. The van der Waals surface area contributed by atoms with Gasteiger partial charge in [-0.05, 0) is 24.1 Å². The molecule has 0 spiro atoms. The van der Waals surface area contributed by atoms with E-state index in [2.05, 4.69) is 25.3 Å². The normalized spacial score (nSPS) is 12.1. The van der Waals surface area contributed by atoms with Gasteiger partial charge in [-0.3, -0.25) is 4.57 Å². The smallest absolute Gasteiger partial charge is 0.241 e. The monoisotopic (exact) mass is 300 g/mol. The molecule has 0 radical (unpaired) electrons. The first-order chi connectivity index (χ1) is 10.2. The zero-order valence-electron chi connectivity index (χ0n) is 11.3. The first-order valence-corrected chi connectivity index (χ1v) is 6.81. The van der Waals surface area contributed by atoms with Crippen LogP contribution in [0.25, 0.3) is 5.95 Å². The van der Waals surface area contributed by atoms with E-state index in [1.165, 1.54) is 0 Å². The minimum Gasteiger partial charge on any atom is -0.348 e. The van der Waals surface area contributed by atoms with Gasteiger partial charge < -0.3 is 5.32 Å². The minimum absolute atomic E-state index is 0.0558. The van der Waals surface area contributed by atoms with E-state index in [1.54, 1.807) is 23.3 Å². The van der Waals surface area contributed by atoms with Gasteiger partial charge in [-0.25, -0.2) is 4.98 Å². The van der Waals surface area contributed by atoms with Crippen molar-refractivity contribution in [3.63, 3.8) is 0 Å². The van der Waals surface area contributed by atoms with E-state index in [4.69, 9.17) is 11.6 Å². The lowest BCUT2D eigenvalue weighted by molar-refractivity contribution is 0.833. The second-order valence-electron chi connectivity index (χ2n) is 4.47. The Hall–Kier alpha value is -2.47. The summed E-state index contributed by atoms with van der Waals surface area (Å²) >= 11 is 5.96. The van der Waals surface area contributed by atoms with Gasteiger partial charge in [0.25, 0.3) is 0 Å². The Morgan fingerprint density at radius 2 is 1.95 bits per heavy atom. The molecule has 0 saturated carbocycles. The van der Waals surface area contributed by atoms with Crippen molar-refractivity contribution in [1.82, 2.24) is 24.5 Å². The zero-order chi connectivity index (χ0) is 14.7. The second-order valence-corrected chi connectivity index (χ2v) is 4.81. The summed E-state index contributed by atoms with van der Waals surface area (Å²) in [4.78, 5) is 16.5. The molecule has 1 atom stereocenters. The van der Waals surface area contributed by atoms with Gasteiger partial charge in [-0.15, -0.1) is 0 Å². The lowest BCUT2D eigenvalue weighted by Crippen LogP contribution is -2.12. The van der Waals surface area contributed by atoms with Crippen molar-refractivity contribution < 1.29 is 0 Å². The molecule has 0 aliphatic carbocycles. The van der Waals surface area contributed by atoms with Crippen molar-refractivity contribution in [2.45, 2.75) is 13.0 Å². The van der Waals surface area contributed by atoms with Gasteiger partial charge in [0, 0.05) is 12.4 Å². The van der Waals surface area contributed by atoms with Crippen LogP contribution in [0.5, 0.6) is 0 Å². The minimum atomic E-state index is 0.0558. The summed E-state index contributed by atoms with van der Waals surface area (Å²) in [7, 11) is 0. The molecule has 2 aromatic heterocycles. The fraction of sp³-hybridized carbons (Fsp3) is 0.143. The number of nitrogens with one attached hydrogen (secondary N) is 1. The molecule has 1 aromatic carbocycles. The Labute approximate surface area is 126 Å². The van der Waals surface area contributed by atoms with E-state index in [0.717, 1.165) is 5.56 Å². The highest BCUT2D eigenvalue weighted by Crippen LogP contribution is 2.17. The van der Waals surface area contributed by atoms with Crippen LogP contribution in [0.4, 0.5) is 5.95 Å². The van der Waals surface area contributed by atoms with Crippen LogP contribution in [-0.4, -0.2) is 24.5 Å². The number of imidazole rings is 1. The van der Waals surface area contributed by atoms with Crippen molar-refractivity contribution in [3.05, 3.63) is 59.9 Å². The van der Waals surface area contributed by atoms with Crippen LogP contribution in [-0.2, 0) is 0 Å². The Bertz CT molecular complexity index is 714. The van der Waals surface area contributed by atoms with Gasteiger partial charge in [0.1, 0.15) is 6.33 Å². The first-order valence-electron chi connectivity index (χ1n) is 6.44. The number of benzene rings is 1. The molecule has 0 bridgehead atoms. The Morgan fingerprint density at radius 1 is 1.14 bits per heavy atom. The predicted octanol–water partition coefficient (Wildman–Crippen LogP) is 2.88. The number of hydrogen-bond donors (Lipinski definition) is 1. The van der Waals surface area contributed by atoms with Gasteiger partial charge in [0.2, 0.25) is 17.2 Å². The van der Waals surface area contributed by atoms with Gasteiger partial charge in [0.05, 0.1) is 6.04 Å². The summed E-state index contributed by atoms with van der Waals surface area (Å²) in [5, 5.41) is 3.36. The number of halogens is 1. The summed E-state index contributed by atoms with van der Waals surface area (Å²) in [6, 6.07) is 10.1. The quantitative estimate of drug-likeness (QED) is 0.802. The average Bonchev–Trinajstić information content (AvgIpc) is 3.02. The molecule has 0 fully saturated rings. The van der Waals surface area contributed by atoms with Crippen molar-refractivity contribution in [1.29, 1.82) is 0 Å². The van der Waals surface area contributed by atoms with Crippen molar-refractivity contribution in [2.75, 3.05) is 5.32 Å². The van der Waals surface area contributed by atoms with E-state index in [1.807, 2.05) is 37.3 Å². The Balaban J connectivity index is 1.86.